The molecule has 1 aromatic heterocycles. The highest BCUT2D eigenvalue weighted by Crippen LogP contribution is 2.29. The zero-order valence-electron chi connectivity index (χ0n) is 15.8. The normalized spacial score (nSPS) is 11.3. The van der Waals surface area contributed by atoms with E-state index < -0.39 is 0 Å². The topological polar surface area (TPSA) is 48.2 Å². The number of hydrogen-bond acceptors (Lipinski definition) is 4. The predicted octanol–water partition coefficient (Wildman–Crippen LogP) is 5.90. The summed E-state index contributed by atoms with van der Waals surface area (Å²) in [5, 5.41) is 6.42. The van der Waals surface area contributed by atoms with Crippen LogP contribution in [0.2, 0.25) is 0 Å². The molecule has 0 saturated heterocycles. The van der Waals surface area contributed by atoms with Gasteiger partial charge < -0.3 is 9.26 Å². The molecule has 0 aliphatic carbocycles. The lowest BCUT2D eigenvalue weighted by Gasteiger charge is -2.13. The number of nitrogens with zero attached hydrogens (tertiary/aromatic N) is 2. The maximum atomic E-state index is 6.01. The molecule has 0 aliphatic rings. The average molecular weight is 358 g/mol. The van der Waals surface area contributed by atoms with Crippen LogP contribution in [0.1, 0.15) is 36.8 Å². The summed E-state index contributed by atoms with van der Waals surface area (Å²) < 4.78 is 11.4. The third-order valence-corrected chi connectivity index (χ3v) is 4.64. The maximum Gasteiger partial charge on any atom is 0.264 e. The lowest BCUT2D eigenvalue weighted by Crippen LogP contribution is -2.00. The van der Waals surface area contributed by atoms with Crippen LogP contribution in [-0.2, 0) is 6.61 Å². The molecule has 3 aromatic carbocycles. The van der Waals surface area contributed by atoms with E-state index in [9.17, 15) is 0 Å². The molecule has 0 bridgehead atoms. The van der Waals surface area contributed by atoms with Crippen LogP contribution in [0.15, 0.2) is 65.2 Å². The number of fused-ring (bicyclic) bond motifs is 1. The van der Waals surface area contributed by atoms with Crippen molar-refractivity contribution >= 4 is 10.8 Å². The van der Waals surface area contributed by atoms with Gasteiger partial charge in [0.15, 0.2) is 6.61 Å². The van der Waals surface area contributed by atoms with Gasteiger partial charge in [-0.25, -0.2) is 0 Å². The molecule has 136 valence electrons. The molecule has 0 amide bonds. The molecule has 4 nitrogen and oxygen atoms in total. The van der Waals surface area contributed by atoms with Crippen molar-refractivity contribution in [3.05, 3.63) is 77.7 Å². The molecule has 1 heterocycles. The minimum absolute atomic E-state index is 0.251. The van der Waals surface area contributed by atoms with Crippen molar-refractivity contribution in [1.82, 2.24) is 10.1 Å². The highest BCUT2D eigenvalue weighted by Gasteiger charge is 2.13. The summed E-state index contributed by atoms with van der Waals surface area (Å²) in [7, 11) is 0. The first-order valence-electron chi connectivity index (χ1n) is 9.16. The fourth-order valence-corrected chi connectivity index (χ4v) is 3.23. The van der Waals surface area contributed by atoms with Gasteiger partial charge in [0.2, 0.25) is 5.82 Å². The standard InChI is InChI=1S/C23H22N2O2/c1-15(2)18-12-11-16(3)13-21(18)26-14-22-24-23(25-27-22)20-10-6-8-17-7-4-5-9-19(17)20/h4-13,15H,14H2,1-3H3. The maximum absolute atomic E-state index is 6.01. The van der Waals surface area contributed by atoms with Crippen molar-refractivity contribution in [3.63, 3.8) is 0 Å². The summed E-state index contributed by atoms with van der Waals surface area (Å²) in [6.07, 6.45) is 0. The van der Waals surface area contributed by atoms with Gasteiger partial charge in [0.1, 0.15) is 5.75 Å². The van der Waals surface area contributed by atoms with Crippen LogP contribution in [0.4, 0.5) is 0 Å². The molecule has 0 N–H and O–H groups in total. The van der Waals surface area contributed by atoms with Crippen LogP contribution in [0.3, 0.4) is 0 Å². The van der Waals surface area contributed by atoms with Crippen LogP contribution in [-0.4, -0.2) is 10.1 Å². The predicted molar refractivity (Wildman–Crippen MR) is 107 cm³/mol. The molecule has 0 aliphatic heterocycles. The van der Waals surface area contributed by atoms with E-state index in [0.717, 1.165) is 27.6 Å². The van der Waals surface area contributed by atoms with E-state index in [4.69, 9.17) is 9.26 Å². The first-order valence-corrected chi connectivity index (χ1v) is 9.16. The SMILES string of the molecule is Cc1ccc(C(C)C)c(OCc2nc(-c3cccc4ccccc34)no2)c1. The van der Waals surface area contributed by atoms with Crippen molar-refractivity contribution in [2.45, 2.75) is 33.3 Å². The zero-order chi connectivity index (χ0) is 18.8. The number of aromatic nitrogens is 2. The second-order valence-corrected chi connectivity index (χ2v) is 7.02. The monoisotopic (exact) mass is 358 g/mol. The van der Waals surface area contributed by atoms with E-state index >= 15 is 0 Å². The van der Waals surface area contributed by atoms with E-state index in [0.29, 0.717) is 17.6 Å². The minimum Gasteiger partial charge on any atom is -0.483 e. The van der Waals surface area contributed by atoms with Crippen molar-refractivity contribution in [2.75, 3.05) is 0 Å². The van der Waals surface area contributed by atoms with Gasteiger partial charge in [-0.15, -0.1) is 0 Å². The number of aryl methyl sites for hydroxylation is 1. The summed E-state index contributed by atoms with van der Waals surface area (Å²) in [4.78, 5) is 4.54. The van der Waals surface area contributed by atoms with Crippen LogP contribution < -0.4 is 4.74 Å². The van der Waals surface area contributed by atoms with E-state index in [-0.39, 0.29) is 6.61 Å². The van der Waals surface area contributed by atoms with Crippen molar-refractivity contribution in [3.8, 4) is 17.1 Å². The van der Waals surface area contributed by atoms with Gasteiger partial charge in [-0.1, -0.05) is 73.6 Å². The Morgan fingerprint density at radius 2 is 1.81 bits per heavy atom. The molecule has 0 saturated carbocycles. The van der Waals surface area contributed by atoms with Crippen LogP contribution >= 0.6 is 0 Å². The van der Waals surface area contributed by atoms with Gasteiger partial charge in [-0.05, 0) is 40.8 Å². The van der Waals surface area contributed by atoms with Gasteiger partial charge in [-0.2, -0.15) is 4.98 Å². The summed E-state index contributed by atoms with van der Waals surface area (Å²) in [6.45, 7) is 6.62. The Bertz CT molecular complexity index is 1080. The molecule has 0 spiro atoms. The largest absolute Gasteiger partial charge is 0.483 e. The Hall–Kier alpha value is -3.14. The minimum atomic E-state index is 0.251. The summed E-state index contributed by atoms with van der Waals surface area (Å²) in [6, 6.07) is 20.6. The first kappa shape index (κ1) is 17.3. The van der Waals surface area contributed by atoms with Crippen molar-refractivity contribution < 1.29 is 9.26 Å². The Morgan fingerprint density at radius 1 is 1.00 bits per heavy atom. The van der Waals surface area contributed by atoms with Crippen LogP contribution in [0, 0.1) is 6.92 Å². The van der Waals surface area contributed by atoms with E-state index in [1.165, 1.54) is 5.56 Å². The number of benzene rings is 3. The van der Waals surface area contributed by atoms with Crippen LogP contribution in [0.25, 0.3) is 22.2 Å². The summed E-state index contributed by atoms with van der Waals surface area (Å²) >= 11 is 0. The molecule has 0 unspecified atom stereocenters. The van der Waals surface area contributed by atoms with Crippen LogP contribution in [0.5, 0.6) is 5.75 Å². The van der Waals surface area contributed by atoms with Crippen molar-refractivity contribution in [2.24, 2.45) is 0 Å². The zero-order valence-corrected chi connectivity index (χ0v) is 15.8. The molecule has 4 heteroatoms. The molecular weight excluding hydrogens is 336 g/mol. The molecule has 27 heavy (non-hydrogen) atoms. The number of hydrogen-bond donors (Lipinski definition) is 0. The first-order chi connectivity index (χ1) is 13.1. The molecule has 4 rings (SSSR count). The molecule has 4 aromatic rings. The molecule has 0 atom stereocenters. The van der Waals surface area contributed by atoms with Gasteiger partial charge in [0.25, 0.3) is 5.89 Å². The van der Waals surface area contributed by atoms with Gasteiger partial charge in [-0.3, -0.25) is 0 Å². The summed E-state index contributed by atoms with van der Waals surface area (Å²) in [5.74, 6) is 2.30. The number of rotatable bonds is 5. The fourth-order valence-electron chi connectivity index (χ4n) is 3.23. The Kier molecular flexibility index (Phi) is 4.63. The second-order valence-electron chi connectivity index (χ2n) is 7.02. The smallest absolute Gasteiger partial charge is 0.264 e. The van der Waals surface area contributed by atoms with E-state index in [1.807, 2.05) is 24.3 Å². The third kappa shape index (κ3) is 3.56. The number of ether oxygens (including phenoxy) is 1. The molecule has 0 radical (unpaired) electrons. The highest BCUT2D eigenvalue weighted by molar-refractivity contribution is 5.94. The molecule has 0 fully saturated rings. The molecular formula is C23H22N2O2. The fraction of sp³-hybridized carbons (Fsp3) is 0.217. The lowest BCUT2D eigenvalue weighted by molar-refractivity contribution is 0.240. The highest BCUT2D eigenvalue weighted by atomic mass is 16.5. The van der Waals surface area contributed by atoms with Gasteiger partial charge >= 0.3 is 0 Å². The van der Waals surface area contributed by atoms with Gasteiger partial charge in [0, 0.05) is 5.56 Å². The lowest BCUT2D eigenvalue weighted by atomic mass is 10.0. The summed E-state index contributed by atoms with van der Waals surface area (Å²) in [5.41, 5.74) is 3.30. The third-order valence-electron chi connectivity index (χ3n) is 4.64. The van der Waals surface area contributed by atoms with E-state index in [2.05, 4.69) is 67.3 Å². The Morgan fingerprint density at radius 3 is 2.67 bits per heavy atom. The second kappa shape index (κ2) is 7.23. The Labute approximate surface area is 158 Å². The Balaban J connectivity index is 1.58. The van der Waals surface area contributed by atoms with Gasteiger partial charge in [0.05, 0.1) is 0 Å². The average Bonchev–Trinajstić information content (AvgIpc) is 3.14. The van der Waals surface area contributed by atoms with E-state index in [1.54, 1.807) is 0 Å². The van der Waals surface area contributed by atoms with Crippen molar-refractivity contribution in [1.29, 1.82) is 0 Å². The quantitative estimate of drug-likeness (QED) is 0.445.